The lowest BCUT2D eigenvalue weighted by molar-refractivity contribution is 0.316. The van der Waals surface area contributed by atoms with Gasteiger partial charge in [0.05, 0.1) is 18.3 Å². The number of benzene rings is 1. The van der Waals surface area contributed by atoms with Gasteiger partial charge in [-0.15, -0.1) is 24.0 Å². The van der Waals surface area contributed by atoms with Crippen LogP contribution < -0.4 is 15.4 Å². The normalized spacial score (nSPS) is 16.1. The zero-order valence-corrected chi connectivity index (χ0v) is 19.3. The summed E-state index contributed by atoms with van der Waals surface area (Å²) in [6.45, 7) is 4.85. The van der Waals surface area contributed by atoms with E-state index in [0.29, 0.717) is 30.5 Å². The monoisotopic (exact) mass is 530 g/mol. The van der Waals surface area contributed by atoms with E-state index >= 15 is 0 Å². The Morgan fingerprint density at radius 3 is 2.57 bits per heavy atom. The van der Waals surface area contributed by atoms with Gasteiger partial charge >= 0.3 is 0 Å². The van der Waals surface area contributed by atoms with Crippen LogP contribution in [0.25, 0.3) is 0 Å². The van der Waals surface area contributed by atoms with Crippen molar-refractivity contribution in [2.75, 3.05) is 25.4 Å². The minimum Gasteiger partial charge on any atom is -0.357 e. The van der Waals surface area contributed by atoms with Crippen LogP contribution in [0.3, 0.4) is 0 Å². The highest BCUT2D eigenvalue weighted by molar-refractivity contribution is 14.0. The second kappa shape index (κ2) is 11.9. The predicted molar refractivity (Wildman–Crippen MR) is 118 cm³/mol. The Hall–Kier alpha value is -1.01. The maximum atomic E-state index is 13.4. The molecular formula is C18H29F2IN4O2S. The molecule has 0 aromatic heterocycles. The van der Waals surface area contributed by atoms with Crippen LogP contribution in [0, 0.1) is 17.6 Å². The van der Waals surface area contributed by atoms with E-state index in [0.717, 1.165) is 25.0 Å². The van der Waals surface area contributed by atoms with Gasteiger partial charge in [-0.25, -0.2) is 21.9 Å². The van der Waals surface area contributed by atoms with Crippen molar-refractivity contribution < 1.29 is 17.2 Å². The molecule has 28 heavy (non-hydrogen) atoms. The van der Waals surface area contributed by atoms with Crippen LogP contribution in [0.5, 0.6) is 0 Å². The predicted octanol–water partition coefficient (Wildman–Crippen LogP) is 2.92. The summed E-state index contributed by atoms with van der Waals surface area (Å²) in [5, 5.41) is 6.09. The van der Waals surface area contributed by atoms with Gasteiger partial charge in [-0.1, -0.05) is 12.5 Å². The third-order valence-electron chi connectivity index (χ3n) is 4.59. The molecule has 1 aliphatic carbocycles. The molecule has 0 bridgehead atoms. The molecule has 1 fully saturated rings. The van der Waals surface area contributed by atoms with E-state index in [1.807, 2.05) is 6.92 Å². The van der Waals surface area contributed by atoms with E-state index in [2.05, 4.69) is 20.3 Å². The number of guanidine groups is 1. The fourth-order valence-electron chi connectivity index (χ4n) is 2.68. The van der Waals surface area contributed by atoms with E-state index in [4.69, 9.17) is 0 Å². The highest BCUT2D eigenvalue weighted by Gasteiger charge is 2.20. The number of halogens is 3. The van der Waals surface area contributed by atoms with Crippen LogP contribution in [-0.4, -0.2) is 39.8 Å². The Labute approximate surface area is 183 Å². The maximum absolute atomic E-state index is 13.4. The van der Waals surface area contributed by atoms with E-state index < -0.39 is 21.7 Å². The Bertz CT molecular complexity index is 758. The lowest BCUT2D eigenvalue weighted by atomic mass is 9.86. The number of rotatable bonds is 9. The number of sulfonamides is 1. The largest absolute Gasteiger partial charge is 0.357 e. The van der Waals surface area contributed by atoms with Crippen LogP contribution in [0.1, 0.15) is 44.7 Å². The summed E-state index contributed by atoms with van der Waals surface area (Å²) in [7, 11) is -3.36. The van der Waals surface area contributed by atoms with Crippen molar-refractivity contribution in [3.63, 3.8) is 0 Å². The van der Waals surface area contributed by atoms with E-state index in [-0.39, 0.29) is 42.3 Å². The minimum absolute atomic E-state index is 0. The second-order valence-corrected chi connectivity index (χ2v) is 8.69. The van der Waals surface area contributed by atoms with Gasteiger partial charge < -0.3 is 10.6 Å². The first-order valence-electron chi connectivity index (χ1n) is 9.28. The molecule has 3 N–H and O–H groups in total. The average molecular weight is 530 g/mol. The Morgan fingerprint density at radius 1 is 1.29 bits per heavy atom. The molecule has 1 aromatic carbocycles. The maximum Gasteiger partial charge on any atom is 0.213 e. The average Bonchev–Trinajstić information content (AvgIpc) is 2.55. The fraction of sp³-hybridized carbons (Fsp3) is 0.611. The van der Waals surface area contributed by atoms with Gasteiger partial charge in [0.25, 0.3) is 0 Å². The number of hydrogen-bond donors (Lipinski definition) is 3. The molecule has 0 aliphatic heterocycles. The molecule has 160 valence electrons. The van der Waals surface area contributed by atoms with Crippen molar-refractivity contribution in [2.45, 2.75) is 39.2 Å². The van der Waals surface area contributed by atoms with Crippen LogP contribution in [0.15, 0.2) is 23.2 Å². The summed E-state index contributed by atoms with van der Waals surface area (Å²) in [4.78, 5) is 4.27. The summed E-state index contributed by atoms with van der Waals surface area (Å²) >= 11 is 0. The molecule has 0 heterocycles. The molecule has 2 rings (SSSR count). The second-order valence-electron chi connectivity index (χ2n) is 6.76. The van der Waals surface area contributed by atoms with Gasteiger partial charge in [0.15, 0.2) is 17.6 Å². The van der Waals surface area contributed by atoms with Gasteiger partial charge in [-0.3, -0.25) is 4.99 Å². The van der Waals surface area contributed by atoms with Crippen LogP contribution in [0.2, 0.25) is 0 Å². The number of hydrogen-bond acceptors (Lipinski definition) is 3. The van der Waals surface area contributed by atoms with Gasteiger partial charge in [0, 0.05) is 13.1 Å². The molecule has 6 nitrogen and oxygen atoms in total. The zero-order valence-electron chi connectivity index (χ0n) is 16.2. The zero-order chi connectivity index (χ0) is 19.9. The fourth-order valence-corrected chi connectivity index (χ4v) is 3.65. The summed E-state index contributed by atoms with van der Waals surface area (Å²) in [6, 6.07) is 3.37. The molecule has 0 radical (unpaired) electrons. The van der Waals surface area contributed by atoms with E-state index in [1.165, 1.54) is 12.5 Å². The molecule has 1 aromatic rings. The molecule has 0 saturated heterocycles. The molecule has 1 unspecified atom stereocenters. The molecule has 0 spiro atoms. The molecule has 0 amide bonds. The van der Waals surface area contributed by atoms with Crippen molar-refractivity contribution in [1.82, 2.24) is 15.4 Å². The van der Waals surface area contributed by atoms with Crippen LogP contribution in [0.4, 0.5) is 8.78 Å². The SMILES string of the molecule is CCNC(=NCCS(=O)(=O)NCC1CCC1)NC(C)c1ccc(F)c(F)c1.I. The van der Waals surface area contributed by atoms with Crippen LogP contribution in [-0.2, 0) is 10.0 Å². The van der Waals surface area contributed by atoms with Crippen molar-refractivity contribution in [1.29, 1.82) is 0 Å². The quantitative estimate of drug-likeness (QED) is 0.261. The highest BCUT2D eigenvalue weighted by Crippen LogP contribution is 2.25. The number of nitrogens with zero attached hydrogens (tertiary/aromatic N) is 1. The first-order valence-corrected chi connectivity index (χ1v) is 10.9. The van der Waals surface area contributed by atoms with Gasteiger partial charge in [-0.2, -0.15) is 0 Å². The van der Waals surface area contributed by atoms with Gasteiger partial charge in [0.2, 0.25) is 10.0 Å². The molecule has 10 heteroatoms. The first-order chi connectivity index (χ1) is 12.8. The van der Waals surface area contributed by atoms with Crippen molar-refractivity contribution in [3.8, 4) is 0 Å². The van der Waals surface area contributed by atoms with Crippen molar-refractivity contribution >= 4 is 40.0 Å². The van der Waals surface area contributed by atoms with E-state index in [9.17, 15) is 17.2 Å². The third-order valence-corrected chi connectivity index (χ3v) is 5.91. The topological polar surface area (TPSA) is 82.6 Å². The van der Waals surface area contributed by atoms with Crippen molar-refractivity contribution in [2.24, 2.45) is 10.9 Å². The minimum atomic E-state index is -3.36. The standard InChI is InChI=1S/C18H28F2N4O2S.HI/c1-3-21-18(24-13(2)15-7-8-16(19)17(20)11-15)22-9-10-27(25,26)23-12-14-5-4-6-14;/h7-8,11,13-14,23H,3-6,9-10,12H2,1-2H3,(H2,21,22,24);1H. The lowest BCUT2D eigenvalue weighted by Crippen LogP contribution is -2.39. The first kappa shape index (κ1) is 25.0. The Balaban J connectivity index is 0.00000392. The van der Waals surface area contributed by atoms with E-state index in [1.54, 1.807) is 6.92 Å². The number of aliphatic imine (C=N–C) groups is 1. The molecule has 1 aliphatic rings. The number of nitrogens with one attached hydrogen (secondary N) is 3. The van der Waals surface area contributed by atoms with Gasteiger partial charge in [0.1, 0.15) is 0 Å². The van der Waals surface area contributed by atoms with Gasteiger partial charge in [-0.05, 0) is 50.3 Å². The lowest BCUT2D eigenvalue weighted by Gasteiger charge is -2.25. The highest BCUT2D eigenvalue weighted by atomic mass is 127. The summed E-state index contributed by atoms with van der Waals surface area (Å²) < 4.78 is 53.2. The molecule has 1 atom stereocenters. The molecule has 1 saturated carbocycles. The Kier molecular flexibility index (Phi) is 10.6. The summed E-state index contributed by atoms with van der Waals surface area (Å²) in [6.07, 6.45) is 3.33. The molecular weight excluding hydrogens is 501 g/mol. The van der Waals surface area contributed by atoms with Crippen molar-refractivity contribution in [3.05, 3.63) is 35.4 Å². The third kappa shape index (κ3) is 8.16. The van der Waals surface area contributed by atoms with Crippen LogP contribution >= 0.6 is 24.0 Å². The summed E-state index contributed by atoms with van der Waals surface area (Å²) in [5.74, 6) is -1.03. The smallest absolute Gasteiger partial charge is 0.213 e. The summed E-state index contributed by atoms with van der Waals surface area (Å²) in [5.41, 5.74) is 0.564. The Morgan fingerprint density at radius 2 is 2.00 bits per heavy atom.